The predicted octanol–water partition coefficient (Wildman–Crippen LogP) is 4.87. The molecule has 0 spiro atoms. The van der Waals surface area contributed by atoms with E-state index in [0.29, 0.717) is 42.9 Å². The molecule has 1 aromatic heterocycles. The zero-order chi connectivity index (χ0) is 25.5. The first kappa shape index (κ1) is 23.4. The van der Waals surface area contributed by atoms with Crippen LogP contribution in [0.4, 0.5) is 4.79 Å². The summed E-state index contributed by atoms with van der Waals surface area (Å²) in [4.78, 5) is 32.6. The molecule has 6 rings (SSSR count). The number of rotatable bonds is 4. The van der Waals surface area contributed by atoms with Crippen molar-refractivity contribution in [2.75, 3.05) is 19.8 Å². The topological polar surface area (TPSA) is 92.5 Å². The highest BCUT2D eigenvalue weighted by molar-refractivity contribution is 5.98. The molecule has 7 nitrogen and oxygen atoms in total. The number of piperidine rings is 1. The summed E-state index contributed by atoms with van der Waals surface area (Å²) >= 11 is 0. The molecule has 186 valence electrons. The third kappa shape index (κ3) is 4.08. The zero-order valence-electron chi connectivity index (χ0n) is 20.6. The summed E-state index contributed by atoms with van der Waals surface area (Å²) in [5.74, 6) is -0.228. The molecule has 2 aliphatic heterocycles. The van der Waals surface area contributed by atoms with Crippen molar-refractivity contribution in [3.05, 3.63) is 88.7 Å². The Morgan fingerprint density at radius 3 is 2.27 bits per heavy atom. The Labute approximate surface area is 215 Å². The van der Waals surface area contributed by atoms with Gasteiger partial charge in [-0.15, -0.1) is 0 Å². The smallest absolute Gasteiger partial charge is 0.410 e. The van der Waals surface area contributed by atoms with E-state index >= 15 is 0 Å². The first-order valence-corrected chi connectivity index (χ1v) is 12.7. The third-order valence-corrected chi connectivity index (χ3v) is 7.91. The molecule has 2 aromatic carbocycles. The number of nitriles is 1. The standard InChI is InChI=1S/C30H27N3O4/c1-18-10-20(14-32-28(18)13-31)29(34)19-11-21-15-36-16-22(12-19)33(21)30(35)37-17-27-25-8-4-2-6-23(25)24-7-3-5-9-26(24)27/h2-10,14,19,21-22,27H,11-12,15-17H2,1H3. The van der Waals surface area contributed by atoms with E-state index < -0.39 is 0 Å². The summed E-state index contributed by atoms with van der Waals surface area (Å²) in [6, 6.07) is 19.9. The quantitative estimate of drug-likeness (QED) is 0.482. The van der Waals surface area contributed by atoms with Crippen LogP contribution in [0.5, 0.6) is 0 Å². The largest absolute Gasteiger partial charge is 0.448 e. The number of hydrogen-bond donors (Lipinski definition) is 0. The van der Waals surface area contributed by atoms with Gasteiger partial charge in [-0.3, -0.25) is 9.69 Å². The van der Waals surface area contributed by atoms with Gasteiger partial charge in [0.15, 0.2) is 5.78 Å². The summed E-state index contributed by atoms with van der Waals surface area (Å²) in [6.07, 6.45) is 2.16. The lowest BCUT2D eigenvalue weighted by Gasteiger charge is -2.47. The Hall–Kier alpha value is -4.02. The molecule has 2 bridgehead atoms. The number of carbonyl (C=O) groups is 2. The van der Waals surface area contributed by atoms with Crippen LogP contribution < -0.4 is 0 Å². The Bertz CT molecular complexity index is 1370. The number of Topliss-reactive ketones (excluding diaryl/α,β-unsaturated/α-hetero) is 1. The van der Waals surface area contributed by atoms with Crippen LogP contribution in [-0.2, 0) is 9.47 Å². The molecule has 37 heavy (non-hydrogen) atoms. The second-order valence-electron chi connectivity index (χ2n) is 10.1. The van der Waals surface area contributed by atoms with Gasteiger partial charge in [-0.05, 0) is 53.6 Å². The van der Waals surface area contributed by atoms with Crippen molar-refractivity contribution >= 4 is 11.9 Å². The van der Waals surface area contributed by atoms with E-state index in [2.05, 4.69) is 29.2 Å². The fourth-order valence-corrected chi connectivity index (χ4v) is 6.16. The Morgan fingerprint density at radius 1 is 1.05 bits per heavy atom. The van der Waals surface area contributed by atoms with Gasteiger partial charge in [0.2, 0.25) is 0 Å². The van der Waals surface area contributed by atoms with Gasteiger partial charge in [-0.25, -0.2) is 9.78 Å². The van der Waals surface area contributed by atoms with Crippen LogP contribution in [0.2, 0.25) is 0 Å². The van der Waals surface area contributed by atoms with E-state index in [9.17, 15) is 9.59 Å². The van der Waals surface area contributed by atoms with Crippen LogP contribution in [0.15, 0.2) is 60.8 Å². The minimum absolute atomic E-state index is 0.00122. The highest BCUT2D eigenvalue weighted by Crippen LogP contribution is 2.44. The fourth-order valence-electron chi connectivity index (χ4n) is 6.16. The van der Waals surface area contributed by atoms with Crippen LogP contribution in [-0.4, -0.2) is 53.7 Å². The van der Waals surface area contributed by atoms with Gasteiger partial charge in [0, 0.05) is 23.6 Å². The summed E-state index contributed by atoms with van der Waals surface area (Å²) in [5, 5.41) is 9.14. The molecule has 2 saturated heterocycles. The van der Waals surface area contributed by atoms with Crippen molar-refractivity contribution in [1.82, 2.24) is 9.88 Å². The summed E-state index contributed by atoms with van der Waals surface area (Å²) in [5.41, 5.74) is 6.26. The van der Waals surface area contributed by atoms with Gasteiger partial charge in [-0.2, -0.15) is 5.26 Å². The number of aromatic nitrogens is 1. The molecule has 2 atom stereocenters. The van der Waals surface area contributed by atoms with E-state index in [0.717, 1.165) is 0 Å². The number of amides is 1. The summed E-state index contributed by atoms with van der Waals surface area (Å²) in [6.45, 7) is 2.82. The van der Waals surface area contributed by atoms with Crippen molar-refractivity contribution in [3.63, 3.8) is 0 Å². The number of pyridine rings is 1. The van der Waals surface area contributed by atoms with Crippen LogP contribution in [0, 0.1) is 24.2 Å². The van der Waals surface area contributed by atoms with Gasteiger partial charge in [-0.1, -0.05) is 48.5 Å². The van der Waals surface area contributed by atoms with Gasteiger partial charge >= 0.3 is 6.09 Å². The second kappa shape index (κ2) is 9.45. The van der Waals surface area contributed by atoms with Crippen LogP contribution >= 0.6 is 0 Å². The molecule has 7 heteroatoms. The lowest BCUT2D eigenvalue weighted by atomic mass is 9.81. The summed E-state index contributed by atoms with van der Waals surface area (Å²) < 4.78 is 11.7. The van der Waals surface area contributed by atoms with Crippen molar-refractivity contribution in [2.24, 2.45) is 5.92 Å². The zero-order valence-corrected chi connectivity index (χ0v) is 20.6. The predicted molar refractivity (Wildman–Crippen MR) is 136 cm³/mol. The average Bonchev–Trinajstić information content (AvgIpc) is 3.24. The number of nitrogens with zero attached hydrogens (tertiary/aromatic N) is 3. The van der Waals surface area contributed by atoms with Gasteiger partial charge in [0.25, 0.3) is 0 Å². The fraction of sp³-hybridized carbons (Fsp3) is 0.333. The van der Waals surface area contributed by atoms with E-state index in [1.54, 1.807) is 17.9 Å². The van der Waals surface area contributed by atoms with Gasteiger partial charge in [0.05, 0.1) is 25.3 Å². The number of fused-ring (bicyclic) bond motifs is 5. The van der Waals surface area contributed by atoms with Crippen LogP contribution in [0.1, 0.15) is 51.5 Å². The Balaban J connectivity index is 1.16. The number of ether oxygens (including phenoxy) is 2. The van der Waals surface area contributed by atoms with E-state index in [4.69, 9.17) is 14.7 Å². The molecule has 0 saturated carbocycles. The lowest BCUT2D eigenvalue weighted by Crippen LogP contribution is -2.60. The summed E-state index contributed by atoms with van der Waals surface area (Å²) in [7, 11) is 0. The third-order valence-electron chi connectivity index (χ3n) is 7.91. The molecule has 0 radical (unpaired) electrons. The maximum atomic E-state index is 13.4. The first-order valence-electron chi connectivity index (χ1n) is 12.7. The maximum absolute atomic E-state index is 13.4. The molecular formula is C30H27N3O4. The number of benzene rings is 2. The highest BCUT2D eigenvalue weighted by Gasteiger charge is 2.45. The SMILES string of the molecule is Cc1cc(C(=O)C2CC3COCC(C2)N3C(=O)OCC2c3ccccc3-c3ccccc32)cnc1C#N. The molecule has 2 fully saturated rings. The van der Waals surface area contributed by atoms with E-state index in [1.807, 2.05) is 30.3 Å². The number of aryl methyl sites for hydroxylation is 1. The molecule has 3 heterocycles. The average molecular weight is 494 g/mol. The van der Waals surface area contributed by atoms with Gasteiger partial charge in [0.1, 0.15) is 18.4 Å². The number of ketones is 1. The highest BCUT2D eigenvalue weighted by atomic mass is 16.6. The maximum Gasteiger partial charge on any atom is 0.410 e. The minimum atomic E-state index is -0.345. The van der Waals surface area contributed by atoms with Crippen molar-refractivity contribution < 1.29 is 19.1 Å². The molecule has 1 aliphatic carbocycles. The van der Waals surface area contributed by atoms with Crippen LogP contribution in [0.3, 0.4) is 0 Å². The molecule has 3 aliphatic rings. The van der Waals surface area contributed by atoms with Crippen molar-refractivity contribution in [2.45, 2.75) is 37.8 Å². The molecular weight excluding hydrogens is 466 g/mol. The number of morpholine rings is 1. The number of carbonyl (C=O) groups excluding carboxylic acids is 2. The number of hydrogen-bond acceptors (Lipinski definition) is 6. The molecule has 2 unspecified atom stereocenters. The normalized spacial score (nSPS) is 22.1. The molecule has 0 N–H and O–H groups in total. The second-order valence-corrected chi connectivity index (χ2v) is 10.1. The van der Waals surface area contributed by atoms with Crippen molar-refractivity contribution in [3.8, 4) is 17.2 Å². The minimum Gasteiger partial charge on any atom is -0.448 e. The van der Waals surface area contributed by atoms with Crippen LogP contribution in [0.25, 0.3) is 11.1 Å². The first-order chi connectivity index (χ1) is 18.0. The monoisotopic (exact) mass is 493 g/mol. The molecule has 1 amide bonds. The van der Waals surface area contributed by atoms with E-state index in [-0.39, 0.29) is 42.4 Å². The molecule has 3 aromatic rings. The Morgan fingerprint density at radius 2 is 1.68 bits per heavy atom. The van der Waals surface area contributed by atoms with E-state index in [1.165, 1.54) is 28.5 Å². The van der Waals surface area contributed by atoms with Gasteiger partial charge < -0.3 is 9.47 Å². The Kier molecular flexibility index (Phi) is 5.97. The van der Waals surface area contributed by atoms with Crippen molar-refractivity contribution in [1.29, 1.82) is 5.26 Å². The lowest BCUT2D eigenvalue weighted by molar-refractivity contribution is -0.0747.